The van der Waals surface area contributed by atoms with Crippen LogP contribution in [0.25, 0.3) is 0 Å². The van der Waals surface area contributed by atoms with Gasteiger partial charge in [0.15, 0.2) is 6.29 Å². The van der Waals surface area contributed by atoms with Crippen molar-refractivity contribution in [2.75, 3.05) is 13.2 Å². The van der Waals surface area contributed by atoms with Crippen molar-refractivity contribution in [3.05, 3.63) is 0 Å². The number of hydrogen-bond donors (Lipinski definition) is 0. The SMILES string of the molecule is O=CC1COC(C23CC4CC(CC(C4)C2)C3)OC1. The van der Waals surface area contributed by atoms with Gasteiger partial charge in [0, 0.05) is 5.41 Å². The summed E-state index contributed by atoms with van der Waals surface area (Å²) in [5.74, 6) is 2.72. The van der Waals surface area contributed by atoms with Crippen molar-refractivity contribution in [2.24, 2.45) is 29.1 Å². The summed E-state index contributed by atoms with van der Waals surface area (Å²) in [7, 11) is 0. The van der Waals surface area contributed by atoms with Crippen molar-refractivity contribution in [3.63, 3.8) is 0 Å². The molecule has 18 heavy (non-hydrogen) atoms. The molecule has 0 radical (unpaired) electrons. The van der Waals surface area contributed by atoms with Gasteiger partial charge in [-0.15, -0.1) is 0 Å². The average Bonchev–Trinajstić information content (AvgIpc) is 2.37. The Bertz CT molecular complexity index is 308. The number of carbonyl (C=O) groups excluding carboxylic acids is 1. The Hall–Kier alpha value is -0.410. The number of carbonyl (C=O) groups is 1. The highest BCUT2D eigenvalue weighted by Crippen LogP contribution is 2.62. The second-order valence-electron chi connectivity index (χ2n) is 7.17. The third kappa shape index (κ3) is 1.67. The summed E-state index contributed by atoms with van der Waals surface area (Å²) in [4.78, 5) is 10.8. The van der Waals surface area contributed by atoms with Crippen LogP contribution < -0.4 is 0 Å². The maximum absolute atomic E-state index is 10.8. The molecule has 4 bridgehead atoms. The van der Waals surface area contributed by atoms with Gasteiger partial charge in [-0.05, 0) is 56.3 Å². The van der Waals surface area contributed by atoms with Gasteiger partial charge in [-0.25, -0.2) is 0 Å². The largest absolute Gasteiger partial charge is 0.351 e. The lowest BCUT2D eigenvalue weighted by atomic mass is 9.49. The van der Waals surface area contributed by atoms with E-state index in [1.165, 1.54) is 38.5 Å². The summed E-state index contributed by atoms with van der Waals surface area (Å²) in [5, 5.41) is 0. The van der Waals surface area contributed by atoms with Crippen LogP contribution in [0.5, 0.6) is 0 Å². The minimum atomic E-state index is -0.0461. The Kier molecular flexibility index (Phi) is 2.56. The molecule has 4 saturated carbocycles. The van der Waals surface area contributed by atoms with Crippen LogP contribution in [0, 0.1) is 29.1 Å². The molecule has 0 atom stereocenters. The number of aldehydes is 1. The molecule has 1 heterocycles. The molecule has 5 rings (SSSR count). The molecule has 0 aromatic carbocycles. The Labute approximate surface area is 108 Å². The standard InChI is InChI=1S/C15H22O3/c16-7-13-8-17-14(18-9-13)15-4-10-1-11(5-15)3-12(2-10)6-15/h7,10-14H,1-6,8-9H2. The summed E-state index contributed by atoms with van der Waals surface area (Å²) in [6, 6.07) is 0. The quantitative estimate of drug-likeness (QED) is 0.706. The molecular weight excluding hydrogens is 228 g/mol. The van der Waals surface area contributed by atoms with Gasteiger partial charge in [-0.3, -0.25) is 0 Å². The van der Waals surface area contributed by atoms with Crippen molar-refractivity contribution >= 4 is 6.29 Å². The first kappa shape index (κ1) is 11.4. The highest BCUT2D eigenvalue weighted by Gasteiger charge is 2.55. The number of hydrogen-bond acceptors (Lipinski definition) is 3. The van der Waals surface area contributed by atoms with Crippen molar-refractivity contribution in [3.8, 4) is 0 Å². The predicted octanol–water partition coefficient (Wildman–Crippen LogP) is 2.39. The van der Waals surface area contributed by atoms with E-state index in [2.05, 4.69) is 0 Å². The molecule has 0 aromatic rings. The zero-order chi connectivity index (χ0) is 12.2. The highest BCUT2D eigenvalue weighted by molar-refractivity contribution is 5.53. The summed E-state index contributed by atoms with van der Waals surface area (Å²) in [6.07, 6.45) is 9.19. The molecule has 3 nitrogen and oxygen atoms in total. The lowest BCUT2D eigenvalue weighted by Crippen LogP contribution is -2.55. The Morgan fingerprint density at radius 2 is 1.39 bits per heavy atom. The Balaban J connectivity index is 1.52. The predicted molar refractivity (Wildman–Crippen MR) is 65.9 cm³/mol. The minimum Gasteiger partial charge on any atom is -0.351 e. The summed E-state index contributed by atoms with van der Waals surface area (Å²) in [5.41, 5.74) is 0.294. The lowest BCUT2D eigenvalue weighted by molar-refractivity contribution is -0.280. The molecular formula is C15H22O3. The third-order valence-electron chi connectivity index (χ3n) is 5.70. The normalized spacial score (nSPS) is 54.6. The van der Waals surface area contributed by atoms with Crippen LogP contribution in [-0.4, -0.2) is 25.8 Å². The van der Waals surface area contributed by atoms with Crippen molar-refractivity contribution in [1.29, 1.82) is 0 Å². The first-order chi connectivity index (χ1) is 8.77. The van der Waals surface area contributed by atoms with E-state index in [-0.39, 0.29) is 12.2 Å². The van der Waals surface area contributed by atoms with E-state index < -0.39 is 0 Å². The summed E-state index contributed by atoms with van der Waals surface area (Å²) < 4.78 is 11.8. The zero-order valence-corrected chi connectivity index (χ0v) is 10.8. The second-order valence-corrected chi connectivity index (χ2v) is 7.17. The molecule has 0 amide bonds. The molecule has 3 heteroatoms. The van der Waals surface area contributed by atoms with Gasteiger partial charge in [-0.1, -0.05) is 0 Å². The topological polar surface area (TPSA) is 35.5 Å². The molecule has 5 fully saturated rings. The van der Waals surface area contributed by atoms with Crippen LogP contribution >= 0.6 is 0 Å². The fourth-order valence-electron chi connectivity index (χ4n) is 5.42. The first-order valence-corrected chi connectivity index (χ1v) is 7.46. The van der Waals surface area contributed by atoms with Crippen molar-refractivity contribution in [1.82, 2.24) is 0 Å². The molecule has 0 spiro atoms. The summed E-state index contributed by atoms with van der Waals surface area (Å²) in [6.45, 7) is 1.13. The highest BCUT2D eigenvalue weighted by atomic mass is 16.7. The Morgan fingerprint density at radius 1 is 0.889 bits per heavy atom. The smallest absolute Gasteiger partial charge is 0.163 e. The monoisotopic (exact) mass is 250 g/mol. The fourth-order valence-corrected chi connectivity index (χ4v) is 5.42. The van der Waals surface area contributed by atoms with Crippen molar-refractivity contribution < 1.29 is 14.3 Å². The van der Waals surface area contributed by atoms with E-state index in [9.17, 15) is 4.79 Å². The third-order valence-corrected chi connectivity index (χ3v) is 5.70. The van der Waals surface area contributed by atoms with Gasteiger partial charge in [0.05, 0.1) is 19.1 Å². The minimum absolute atomic E-state index is 0.0258. The zero-order valence-electron chi connectivity index (χ0n) is 10.8. The molecule has 1 saturated heterocycles. The molecule has 1 aliphatic heterocycles. The Morgan fingerprint density at radius 3 is 1.83 bits per heavy atom. The molecule has 5 aliphatic rings. The van der Waals surface area contributed by atoms with Gasteiger partial charge in [0.1, 0.15) is 6.29 Å². The van der Waals surface area contributed by atoms with Crippen LogP contribution in [0.4, 0.5) is 0 Å². The number of rotatable bonds is 2. The van der Waals surface area contributed by atoms with Gasteiger partial charge in [0.25, 0.3) is 0 Å². The first-order valence-electron chi connectivity index (χ1n) is 7.46. The van der Waals surface area contributed by atoms with Gasteiger partial charge < -0.3 is 14.3 Å². The number of ether oxygens (including phenoxy) is 2. The van der Waals surface area contributed by atoms with Crippen LogP contribution in [0.1, 0.15) is 38.5 Å². The van der Waals surface area contributed by atoms with E-state index in [1.807, 2.05) is 0 Å². The fraction of sp³-hybridized carbons (Fsp3) is 0.933. The van der Waals surface area contributed by atoms with Gasteiger partial charge in [-0.2, -0.15) is 0 Å². The summed E-state index contributed by atoms with van der Waals surface area (Å²) >= 11 is 0. The maximum Gasteiger partial charge on any atom is 0.163 e. The van der Waals surface area contributed by atoms with Gasteiger partial charge in [0.2, 0.25) is 0 Å². The molecule has 100 valence electrons. The van der Waals surface area contributed by atoms with E-state index in [4.69, 9.17) is 9.47 Å². The van der Waals surface area contributed by atoms with E-state index in [0.717, 1.165) is 24.0 Å². The molecule has 0 aromatic heterocycles. The van der Waals surface area contributed by atoms with Gasteiger partial charge >= 0.3 is 0 Å². The van der Waals surface area contributed by atoms with Crippen LogP contribution in [-0.2, 0) is 14.3 Å². The molecule has 4 aliphatic carbocycles. The van der Waals surface area contributed by atoms with Crippen LogP contribution in [0.15, 0.2) is 0 Å². The van der Waals surface area contributed by atoms with Crippen LogP contribution in [0.3, 0.4) is 0 Å². The molecule has 0 N–H and O–H groups in total. The van der Waals surface area contributed by atoms with Crippen LogP contribution in [0.2, 0.25) is 0 Å². The van der Waals surface area contributed by atoms with E-state index >= 15 is 0 Å². The van der Waals surface area contributed by atoms with Crippen molar-refractivity contribution in [2.45, 2.75) is 44.8 Å². The molecule has 0 unspecified atom stereocenters. The average molecular weight is 250 g/mol. The van der Waals surface area contributed by atoms with E-state index in [1.54, 1.807) is 0 Å². The van der Waals surface area contributed by atoms with E-state index in [0.29, 0.717) is 18.6 Å². The lowest BCUT2D eigenvalue weighted by Gasteiger charge is -2.59. The second kappa shape index (κ2) is 4.04. The maximum atomic E-state index is 10.8.